The van der Waals surface area contributed by atoms with Gasteiger partial charge in [-0.05, 0) is 12.5 Å². The topological polar surface area (TPSA) is 37.3 Å². The molecule has 2 nitrogen and oxygen atoms in total. The van der Waals surface area contributed by atoms with Crippen molar-refractivity contribution in [2.24, 2.45) is 0 Å². The number of unbranched alkanes of at least 4 members (excludes halogenated alkanes) is 15. The molecule has 0 aromatic rings. The Bertz CT molecular complexity index is 286. The van der Waals surface area contributed by atoms with Crippen molar-refractivity contribution in [3.8, 4) is 0 Å². The summed E-state index contributed by atoms with van der Waals surface area (Å²) < 4.78 is 0. The molecule has 0 aliphatic rings. The molecule has 0 saturated carbocycles. The van der Waals surface area contributed by atoms with E-state index in [1.165, 1.54) is 96.0 Å². The standard InChI is InChI=1S/C22H42O2/c1-3-5-6-7-8-9-10-11-12-13-14-15-16-17-18-19-20-22(24)21(23)4-2/h4,22,24H,2-3,5-20H2,1H3. The summed E-state index contributed by atoms with van der Waals surface area (Å²) >= 11 is 0. The molecule has 1 atom stereocenters. The number of aliphatic hydroxyl groups excluding tert-OH is 1. The van der Waals surface area contributed by atoms with Crippen molar-refractivity contribution in [3.05, 3.63) is 12.7 Å². The molecule has 0 fully saturated rings. The fourth-order valence-electron chi connectivity index (χ4n) is 3.16. The summed E-state index contributed by atoms with van der Waals surface area (Å²) in [5, 5.41) is 9.51. The fourth-order valence-corrected chi connectivity index (χ4v) is 3.16. The monoisotopic (exact) mass is 338 g/mol. The van der Waals surface area contributed by atoms with Crippen LogP contribution in [-0.4, -0.2) is 17.0 Å². The van der Waals surface area contributed by atoms with Gasteiger partial charge in [-0.25, -0.2) is 0 Å². The molecule has 0 saturated heterocycles. The van der Waals surface area contributed by atoms with E-state index in [1.807, 2.05) is 0 Å². The van der Waals surface area contributed by atoms with Crippen molar-refractivity contribution in [1.82, 2.24) is 0 Å². The molecule has 0 rings (SSSR count). The van der Waals surface area contributed by atoms with E-state index in [4.69, 9.17) is 0 Å². The van der Waals surface area contributed by atoms with Crippen LogP contribution in [0.25, 0.3) is 0 Å². The van der Waals surface area contributed by atoms with E-state index in [0.29, 0.717) is 6.42 Å². The van der Waals surface area contributed by atoms with Gasteiger partial charge in [0.15, 0.2) is 5.78 Å². The molecule has 0 aromatic carbocycles. The lowest BCUT2D eigenvalue weighted by molar-refractivity contribution is -0.122. The first-order chi connectivity index (χ1) is 11.7. The maximum Gasteiger partial charge on any atom is 0.183 e. The van der Waals surface area contributed by atoms with E-state index in [1.54, 1.807) is 0 Å². The Morgan fingerprint density at radius 2 is 1.08 bits per heavy atom. The number of hydrogen-bond acceptors (Lipinski definition) is 2. The van der Waals surface area contributed by atoms with Crippen molar-refractivity contribution in [3.63, 3.8) is 0 Å². The summed E-state index contributed by atoms with van der Waals surface area (Å²) in [5.74, 6) is -0.240. The van der Waals surface area contributed by atoms with Crippen molar-refractivity contribution in [2.45, 2.75) is 122 Å². The zero-order valence-corrected chi connectivity index (χ0v) is 16.2. The van der Waals surface area contributed by atoms with Crippen LogP contribution in [0.15, 0.2) is 12.7 Å². The van der Waals surface area contributed by atoms with Gasteiger partial charge in [-0.3, -0.25) is 4.79 Å². The Labute approximate surface area is 151 Å². The summed E-state index contributed by atoms with van der Waals surface area (Å²) in [6.45, 7) is 5.67. The third-order valence-electron chi connectivity index (χ3n) is 4.86. The Morgan fingerprint density at radius 3 is 1.42 bits per heavy atom. The summed E-state index contributed by atoms with van der Waals surface area (Å²) in [5.41, 5.74) is 0. The molecular weight excluding hydrogens is 296 g/mol. The molecule has 0 bridgehead atoms. The van der Waals surface area contributed by atoms with Gasteiger partial charge >= 0.3 is 0 Å². The third kappa shape index (κ3) is 16.2. The van der Waals surface area contributed by atoms with Crippen molar-refractivity contribution < 1.29 is 9.90 Å². The van der Waals surface area contributed by atoms with Crippen LogP contribution < -0.4 is 0 Å². The van der Waals surface area contributed by atoms with E-state index in [2.05, 4.69) is 13.5 Å². The molecule has 0 radical (unpaired) electrons. The molecule has 1 N–H and O–H groups in total. The smallest absolute Gasteiger partial charge is 0.183 e. The highest BCUT2D eigenvalue weighted by molar-refractivity contribution is 5.92. The van der Waals surface area contributed by atoms with Gasteiger partial charge in [0.05, 0.1) is 0 Å². The predicted octanol–water partition coefficient (Wildman–Crippen LogP) is 6.75. The quantitative estimate of drug-likeness (QED) is 0.209. The molecule has 24 heavy (non-hydrogen) atoms. The Kier molecular flexibility index (Phi) is 18.2. The Balaban J connectivity index is 3.10. The molecule has 0 spiro atoms. The van der Waals surface area contributed by atoms with Gasteiger partial charge in [-0.2, -0.15) is 0 Å². The van der Waals surface area contributed by atoms with Crippen LogP contribution in [0.3, 0.4) is 0 Å². The summed E-state index contributed by atoms with van der Waals surface area (Å²) in [4.78, 5) is 11.1. The van der Waals surface area contributed by atoms with Gasteiger partial charge in [0.2, 0.25) is 0 Å². The number of hydrogen-bond donors (Lipinski definition) is 1. The first-order valence-electron chi connectivity index (χ1n) is 10.6. The molecule has 0 amide bonds. The van der Waals surface area contributed by atoms with Crippen molar-refractivity contribution >= 4 is 5.78 Å². The third-order valence-corrected chi connectivity index (χ3v) is 4.86. The molecule has 0 aliphatic heterocycles. The van der Waals surface area contributed by atoms with Crippen LogP contribution in [0.5, 0.6) is 0 Å². The summed E-state index contributed by atoms with van der Waals surface area (Å²) in [7, 11) is 0. The molecule has 0 heterocycles. The van der Waals surface area contributed by atoms with Crippen LogP contribution in [0, 0.1) is 0 Å². The largest absolute Gasteiger partial charge is 0.385 e. The number of rotatable bonds is 19. The van der Waals surface area contributed by atoms with Crippen molar-refractivity contribution in [1.29, 1.82) is 0 Å². The second-order valence-electron chi connectivity index (χ2n) is 7.21. The molecule has 0 aromatic heterocycles. The minimum Gasteiger partial charge on any atom is -0.385 e. The molecule has 142 valence electrons. The normalized spacial score (nSPS) is 12.2. The minimum absolute atomic E-state index is 0.240. The average molecular weight is 339 g/mol. The van der Waals surface area contributed by atoms with Gasteiger partial charge < -0.3 is 5.11 Å². The highest BCUT2D eigenvalue weighted by Gasteiger charge is 2.09. The van der Waals surface area contributed by atoms with E-state index >= 15 is 0 Å². The maximum absolute atomic E-state index is 11.1. The molecular formula is C22H42O2. The minimum atomic E-state index is -0.825. The second-order valence-corrected chi connectivity index (χ2v) is 7.21. The maximum atomic E-state index is 11.1. The summed E-state index contributed by atoms with van der Waals surface area (Å²) in [6, 6.07) is 0. The predicted molar refractivity (Wildman–Crippen MR) is 105 cm³/mol. The lowest BCUT2D eigenvalue weighted by Crippen LogP contribution is -2.17. The second kappa shape index (κ2) is 18.7. The number of ketones is 1. The van der Waals surface area contributed by atoms with E-state index < -0.39 is 6.10 Å². The van der Waals surface area contributed by atoms with E-state index in [9.17, 15) is 9.90 Å². The lowest BCUT2D eigenvalue weighted by atomic mass is 10.0. The Hall–Kier alpha value is -0.630. The fraction of sp³-hybridized carbons (Fsp3) is 0.864. The first-order valence-corrected chi connectivity index (χ1v) is 10.6. The zero-order valence-electron chi connectivity index (χ0n) is 16.2. The van der Waals surface area contributed by atoms with Gasteiger partial charge in [0, 0.05) is 0 Å². The molecule has 1 unspecified atom stereocenters. The highest BCUT2D eigenvalue weighted by Crippen LogP contribution is 2.14. The van der Waals surface area contributed by atoms with Crippen LogP contribution >= 0.6 is 0 Å². The van der Waals surface area contributed by atoms with Crippen LogP contribution in [0.1, 0.15) is 116 Å². The molecule has 2 heteroatoms. The zero-order chi connectivity index (χ0) is 17.9. The SMILES string of the molecule is C=CC(=O)C(O)CCCCCCCCCCCCCCCCCC. The molecule has 0 aliphatic carbocycles. The van der Waals surface area contributed by atoms with E-state index in [-0.39, 0.29) is 5.78 Å². The Morgan fingerprint density at radius 1 is 0.750 bits per heavy atom. The highest BCUT2D eigenvalue weighted by atomic mass is 16.3. The summed E-state index contributed by atoms with van der Waals surface area (Å²) in [6.07, 6.45) is 22.4. The van der Waals surface area contributed by atoms with Crippen LogP contribution in [0.4, 0.5) is 0 Å². The van der Waals surface area contributed by atoms with Gasteiger partial charge in [0.25, 0.3) is 0 Å². The van der Waals surface area contributed by atoms with Crippen molar-refractivity contribution in [2.75, 3.05) is 0 Å². The first kappa shape index (κ1) is 23.4. The lowest BCUT2D eigenvalue weighted by Gasteiger charge is -2.06. The van der Waals surface area contributed by atoms with Gasteiger partial charge in [0.1, 0.15) is 6.10 Å². The van der Waals surface area contributed by atoms with Crippen LogP contribution in [0.2, 0.25) is 0 Å². The average Bonchev–Trinajstić information content (AvgIpc) is 2.60. The van der Waals surface area contributed by atoms with Gasteiger partial charge in [-0.15, -0.1) is 0 Å². The van der Waals surface area contributed by atoms with Crippen LogP contribution in [-0.2, 0) is 4.79 Å². The number of carbonyl (C=O) groups excluding carboxylic acids is 1. The number of carbonyl (C=O) groups is 1. The number of aliphatic hydroxyl groups is 1. The van der Waals surface area contributed by atoms with E-state index in [0.717, 1.165) is 12.8 Å². The van der Waals surface area contributed by atoms with Gasteiger partial charge in [-0.1, -0.05) is 116 Å².